The lowest BCUT2D eigenvalue weighted by Crippen LogP contribution is -2.25. The first-order valence-electron chi connectivity index (χ1n) is 9.15. The standard InChI is InChI=1S/C19H28O4S/c1-20-24-18-14-16(23-19-10-6-7-13-21-19)11-12-17(18)22-15-8-4-2-3-5-9-15/h11-12,14-15,19H,2-10,13H2,1H3. The highest BCUT2D eigenvalue weighted by Gasteiger charge is 2.19. The van der Waals surface area contributed by atoms with Crippen LogP contribution in [0.3, 0.4) is 0 Å². The van der Waals surface area contributed by atoms with Crippen molar-refractivity contribution in [1.82, 2.24) is 0 Å². The maximum Gasteiger partial charge on any atom is 0.199 e. The lowest BCUT2D eigenvalue weighted by Gasteiger charge is -2.24. The molecule has 4 nitrogen and oxygen atoms in total. The molecule has 0 amide bonds. The molecule has 0 N–H and O–H groups in total. The Hall–Kier alpha value is -0.910. The molecule has 24 heavy (non-hydrogen) atoms. The molecule has 134 valence electrons. The second-order valence-electron chi connectivity index (χ2n) is 6.50. The van der Waals surface area contributed by atoms with Gasteiger partial charge in [0.25, 0.3) is 0 Å². The number of rotatable bonds is 6. The van der Waals surface area contributed by atoms with Crippen LogP contribution in [0, 0.1) is 0 Å². The lowest BCUT2D eigenvalue weighted by molar-refractivity contribution is -0.106. The molecule has 0 bridgehead atoms. The van der Waals surface area contributed by atoms with Gasteiger partial charge in [-0.25, -0.2) is 0 Å². The third kappa shape index (κ3) is 5.30. The molecule has 1 aromatic carbocycles. The average molecular weight is 352 g/mol. The molecule has 1 saturated heterocycles. The number of hydrogen-bond acceptors (Lipinski definition) is 5. The summed E-state index contributed by atoms with van der Waals surface area (Å²) in [5.74, 6) is 1.71. The molecular weight excluding hydrogens is 324 g/mol. The van der Waals surface area contributed by atoms with E-state index in [1.807, 2.05) is 18.2 Å². The molecule has 0 spiro atoms. The van der Waals surface area contributed by atoms with Gasteiger partial charge < -0.3 is 18.4 Å². The highest BCUT2D eigenvalue weighted by atomic mass is 32.2. The molecule has 3 rings (SSSR count). The van der Waals surface area contributed by atoms with E-state index in [0.29, 0.717) is 6.10 Å². The van der Waals surface area contributed by atoms with Crippen LogP contribution in [0.1, 0.15) is 57.8 Å². The van der Waals surface area contributed by atoms with Crippen molar-refractivity contribution in [1.29, 1.82) is 0 Å². The summed E-state index contributed by atoms with van der Waals surface area (Å²) in [6, 6.07) is 5.98. The third-order valence-electron chi connectivity index (χ3n) is 4.59. The number of hydrogen-bond donors (Lipinski definition) is 0. The van der Waals surface area contributed by atoms with Gasteiger partial charge in [0.15, 0.2) is 6.29 Å². The molecule has 1 saturated carbocycles. The largest absolute Gasteiger partial charge is 0.489 e. The molecule has 5 heteroatoms. The summed E-state index contributed by atoms with van der Waals surface area (Å²) in [5.41, 5.74) is 0. The van der Waals surface area contributed by atoms with E-state index in [9.17, 15) is 0 Å². The van der Waals surface area contributed by atoms with E-state index < -0.39 is 0 Å². The maximum absolute atomic E-state index is 6.28. The fourth-order valence-electron chi connectivity index (χ4n) is 3.31. The van der Waals surface area contributed by atoms with Crippen LogP contribution < -0.4 is 9.47 Å². The van der Waals surface area contributed by atoms with Gasteiger partial charge in [-0.1, -0.05) is 12.8 Å². The zero-order valence-electron chi connectivity index (χ0n) is 14.5. The summed E-state index contributed by atoms with van der Waals surface area (Å²) >= 11 is 1.33. The minimum absolute atomic E-state index is 0.132. The average Bonchev–Trinajstić information content (AvgIpc) is 2.87. The highest BCUT2D eigenvalue weighted by molar-refractivity contribution is 7.94. The zero-order chi connectivity index (χ0) is 16.6. The van der Waals surface area contributed by atoms with Crippen LogP contribution in [-0.2, 0) is 8.92 Å². The van der Waals surface area contributed by atoms with Crippen molar-refractivity contribution in [3.05, 3.63) is 18.2 Å². The van der Waals surface area contributed by atoms with Gasteiger partial charge in [-0.15, -0.1) is 0 Å². The zero-order valence-corrected chi connectivity index (χ0v) is 15.3. The molecule has 1 aliphatic carbocycles. The van der Waals surface area contributed by atoms with Gasteiger partial charge in [0.1, 0.15) is 11.5 Å². The van der Waals surface area contributed by atoms with Crippen molar-refractivity contribution < 1.29 is 18.4 Å². The first kappa shape index (κ1) is 17.9. The molecule has 1 atom stereocenters. The molecule has 1 unspecified atom stereocenters. The maximum atomic E-state index is 6.28. The molecule has 0 radical (unpaired) electrons. The Kier molecular flexibility index (Phi) is 7.12. The van der Waals surface area contributed by atoms with Crippen LogP contribution in [0.5, 0.6) is 11.5 Å². The van der Waals surface area contributed by atoms with Crippen molar-refractivity contribution >= 4 is 12.0 Å². The van der Waals surface area contributed by atoms with Gasteiger partial charge >= 0.3 is 0 Å². The molecule has 2 fully saturated rings. The molecule has 0 aromatic heterocycles. The summed E-state index contributed by atoms with van der Waals surface area (Å²) in [7, 11) is 1.68. The van der Waals surface area contributed by atoms with Crippen molar-refractivity contribution in [2.24, 2.45) is 0 Å². The van der Waals surface area contributed by atoms with Crippen molar-refractivity contribution in [3.63, 3.8) is 0 Å². The minimum Gasteiger partial charge on any atom is -0.489 e. The molecular formula is C19H28O4S. The fourth-order valence-corrected chi connectivity index (χ4v) is 3.85. The van der Waals surface area contributed by atoms with E-state index in [0.717, 1.165) is 55.1 Å². The summed E-state index contributed by atoms with van der Waals surface area (Å²) in [4.78, 5) is 0.968. The van der Waals surface area contributed by atoms with Crippen molar-refractivity contribution in [2.75, 3.05) is 13.7 Å². The first-order chi connectivity index (χ1) is 11.8. The van der Waals surface area contributed by atoms with Crippen molar-refractivity contribution in [2.45, 2.75) is 75.1 Å². The fraction of sp³-hybridized carbons (Fsp3) is 0.684. The Labute approximate surface area is 149 Å². The van der Waals surface area contributed by atoms with Crippen LogP contribution in [0.25, 0.3) is 0 Å². The SMILES string of the molecule is COSc1cc(OC2CCCCO2)ccc1OC1CCCCCC1. The van der Waals surface area contributed by atoms with Crippen LogP contribution in [-0.4, -0.2) is 26.1 Å². The third-order valence-corrected chi connectivity index (χ3v) is 5.25. The van der Waals surface area contributed by atoms with E-state index in [-0.39, 0.29) is 6.29 Å². The van der Waals surface area contributed by atoms with Crippen LogP contribution >= 0.6 is 12.0 Å². The van der Waals surface area contributed by atoms with Crippen molar-refractivity contribution in [3.8, 4) is 11.5 Å². The van der Waals surface area contributed by atoms with Crippen LogP contribution in [0.4, 0.5) is 0 Å². The van der Waals surface area contributed by atoms with E-state index in [2.05, 4.69) is 0 Å². The van der Waals surface area contributed by atoms with Crippen LogP contribution in [0.2, 0.25) is 0 Å². The Morgan fingerprint density at radius 2 is 1.75 bits per heavy atom. The summed E-state index contributed by atoms with van der Waals surface area (Å²) in [6.45, 7) is 0.785. The van der Waals surface area contributed by atoms with E-state index in [1.165, 1.54) is 37.7 Å². The second-order valence-corrected chi connectivity index (χ2v) is 7.44. The molecule has 1 aromatic rings. The smallest absolute Gasteiger partial charge is 0.199 e. The van der Waals surface area contributed by atoms with Gasteiger partial charge in [-0.2, -0.15) is 0 Å². The Morgan fingerprint density at radius 3 is 2.46 bits per heavy atom. The molecule has 1 aliphatic heterocycles. The first-order valence-corrected chi connectivity index (χ1v) is 9.89. The Morgan fingerprint density at radius 1 is 0.958 bits per heavy atom. The number of ether oxygens (including phenoxy) is 3. The second kappa shape index (κ2) is 9.54. The summed E-state index contributed by atoms with van der Waals surface area (Å²) in [5, 5.41) is 0. The van der Waals surface area contributed by atoms with Crippen LogP contribution in [0.15, 0.2) is 23.1 Å². The number of benzene rings is 1. The summed E-state index contributed by atoms with van der Waals surface area (Å²) < 4.78 is 23.2. The molecule has 1 heterocycles. The van der Waals surface area contributed by atoms with Gasteiger partial charge in [-0.3, -0.25) is 0 Å². The topological polar surface area (TPSA) is 36.9 Å². The Balaban J connectivity index is 1.66. The lowest BCUT2D eigenvalue weighted by atomic mass is 10.1. The normalized spacial score (nSPS) is 22.8. The van der Waals surface area contributed by atoms with Gasteiger partial charge in [0.2, 0.25) is 0 Å². The highest BCUT2D eigenvalue weighted by Crippen LogP contribution is 2.36. The van der Waals surface area contributed by atoms with Gasteiger partial charge in [0.05, 0.1) is 24.7 Å². The predicted molar refractivity (Wildman–Crippen MR) is 95.6 cm³/mol. The van der Waals surface area contributed by atoms with Gasteiger partial charge in [-0.05, 0) is 56.7 Å². The monoisotopic (exact) mass is 352 g/mol. The van der Waals surface area contributed by atoms with Gasteiger partial charge in [0, 0.05) is 18.5 Å². The minimum atomic E-state index is -0.132. The molecule has 2 aliphatic rings. The van der Waals surface area contributed by atoms with E-state index in [1.54, 1.807) is 7.11 Å². The van der Waals surface area contributed by atoms with E-state index in [4.69, 9.17) is 18.4 Å². The quantitative estimate of drug-likeness (QED) is 0.510. The Bertz CT molecular complexity index is 494. The van der Waals surface area contributed by atoms with E-state index >= 15 is 0 Å². The predicted octanol–water partition coefficient (Wildman–Crippen LogP) is 5.35. The summed E-state index contributed by atoms with van der Waals surface area (Å²) in [6.07, 6.45) is 10.9.